The Morgan fingerprint density at radius 3 is 2.59 bits per heavy atom. The van der Waals surface area contributed by atoms with E-state index in [2.05, 4.69) is 10.5 Å². The smallest absolute Gasteiger partial charge is 0.301 e. The van der Waals surface area contributed by atoms with Gasteiger partial charge in [0.1, 0.15) is 5.69 Å². The van der Waals surface area contributed by atoms with Crippen molar-refractivity contribution in [3.8, 4) is 0 Å². The van der Waals surface area contributed by atoms with Crippen LogP contribution in [-0.2, 0) is 11.3 Å². The summed E-state index contributed by atoms with van der Waals surface area (Å²) in [4.78, 5) is 20.7. The van der Waals surface area contributed by atoms with Gasteiger partial charge in [-0.15, -0.1) is 0 Å². The largest absolute Gasteiger partial charge is 0.374 e. The van der Waals surface area contributed by atoms with Gasteiger partial charge in [0.2, 0.25) is 0 Å². The van der Waals surface area contributed by atoms with Gasteiger partial charge in [-0.25, -0.2) is 0 Å². The molecule has 1 fully saturated rings. The molecule has 0 aromatic heterocycles. The van der Waals surface area contributed by atoms with Crippen LogP contribution in [0.1, 0.15) is 25.8 Å². The Bertz CT molecular complexity index is 932. The predicted molar refractivity (Wildman–Crippen MR) is 109 cm³/mol. The monoisotopic (exact) mass is 398 g/mol. The third kappa shape index (κ3) is 5.14. The van der Waals surface area contributed by atoms with Crippen molar-refractivity contribution in [3.05, 3.63) is 74.3 Å². The van der Waals surface area contributed by atoms with E-state index in [0.29, 0.717) is 12.5 Å². The fourth-order valence-electron chi connectivity index (χ4n) is 3.25. The molecule has 152 valence electrons. The number of nitro benzene ring substituents is 2. The lowest BCUT2D eigenvalue weighted by Gasteiger charge is -2.13. The zero-order valence-electron chi connectivity index (χ0n) is 16.1. The molecule has 9 heteroatoms. The van der Waals surface area contributed by atoms with Crippen LogP contribution < -0.4 is 5.43 Å². The molecule has 0 heterocycles. The van der Waals surface area contributed by atoms with Crippen LogP contribution in [0.2, 0.25) is 0 Å². The lowest BCUT2D eigenvalue weighted by molar-refractivity contribution is -0.393. The summed E-state index contributed by atoms with van der Waals surface area (Å²) in [6, 6.07) is 13.4. The van der Waals surface area contributed by atoms with Crippen molar-refractivity contribution in [1.82, 2.24) is 0 Å². The third-order valence-electron chi connectivity index (χ3n) is 5.08. The average Bonchev–Trinajstić information content (AvgIpc) is 3.52. The molecular formula is C20H22N4O5. The maximum absolute atomic E-state index is 11.2. The first-order valence-corrected chi connectivity index (χ1v) is 9.25. The molecule has 1 saturated carbocycles. The fourth-order valence-corrected chi connectivity index (χ4v) is 3.25. The summed E-state index contributed by atoms with van der Waals surface area (Å²) in [7, 11) is 0. The first-order valence-electron chi connectivity index (χ1n) is 9.25. The topological polar surface area (TPSA) is 120 Å². The highest BCUT2D eigenvalue weighted by molar-refractivity contribution is 5.88. The van der Waals surface area contributed by atoms with E-state index in [9.17, 15) is 20.2 Å². The summed E-state index contributed by atoms with van der Waals surface area (Å²) in [5.74, 6) is 0.585. The number of benzene rings is 2. The summed E-state index contributed by atoms with van der Waals surface area (Å²) < 4.78 is 5.95. The quantitative estimate of drug-likeness (QED) is 0.376. The number of hydrazone groups is 1. The van der Waals surface area contributed by atoms with Gasteiger partial charge in [-0.1, -0.05) is 30.3 Å². The minimum absolute atomic E-state index is 0.0686. The molecule has 0 saturated heterocycles. The zero-order chi connectivity index (χ0) is 21.0. The van der Waals surface area contributed by atoms with Crippen molar-refractivity contribution in [2.45, 2.75) is 33.0 Å². The number of non-ortho nitro benzene ring substituents is 1. The van der Waals surface area contributed by atoms with Gasteiger partial charge in [0, 0.05) is 17.7 Å². The minimum atomic E-state index is -0.670. The molecule has 0 spiro atoms. The van der Waals surface area contributed by atoms with Gasteiger partial charge in [-0.2, -0.15) is 5.10 Å². The van der Waals surface area contributed by atoms with Crippen LogP contribution in [0, 0.1) is 32.1 Å². The molecular weight excluding hydrogens is 376 g/mol. The summed E-state index contributed by atoms with van der Waals surface area (Å²) in [5, 5.41) is 26.3. The molecule has 0 amide bonds. The molecule has 2 aromatic rings. The first kappa shape index (κ1) is 20.4. The molecule has 0 aliphatic heterocycles. The molecule has 1 aliphatic rings. The van der Waals surface area contributed by atoms with E-state index in [4.69, 9.17) is 4.74 Å². The molecule has 0 unspecified atom stereocenters. The summed E-state index contributed by atoms with van der Waals surface area (Å²) in [5.41, 5.74) is 4.01. The normalized spacial score (nSPS) is 19.4. The number of ether oxygens (including phenoxy) is 1. The van der Waals surface area contributed by atoms with Crippen LogP contribution in [0.4, 0.5) is 17.1 Å². The second-order valence-electron chi connectivity index (χ2n) is 7.09. The van der Waals surface area contributed by atoms with Crippen molar-refractivity contribution in [2.24, 2.45) is 16.9 Å². The highest BCUT2D eigenvalue weighted by atomic mass is 16.6. The Balaban J connectivity index is 1.58. The number of anilines is 1. The second-order valence-corrected chi connectivity index (χ2v) is 7.09. The van der Waals surface area contributed by atoms with E-state index >= 15 is 0 Å². The van der Waals surface area contributed by atoms with Gasteiger partial charge in [0.25, 0.3) is 5.69 Å². The van der Waals surface area contributed by atoms with E-state index in [0.717, 1.165) is 23.8 Å². The van der Waals surface area contributed by atoms with Crippen LogP contribution in [0.5, 0.6) is 0 Å². The first-order chi connectivity index (χ1) is 13.9. The second kappa shape index (κ2) is 8.78. The van der Waals surface area contributed by atoms with Crippen molar-refractivity contribution in [1.29, 1.82) is 0 Å². The van der Waals surface area contributed by atoms with Gasteiger partial charge in [-0.05, 0) is 37.8 Å². The summed E-state index contributed by atoms with van der Waals surface area (Å²) in [6.45, 7) is 4.45. The van der Waals surface area contributed by atoms with Crippen molar-refractivity contribution in [3.63, 3.8) is 0 Å². The Labute approximate surface area is 167 Å². The van der Waals surface area contributed by atoms with Gasteiger partial charge < -0.3 is 4.74 Å². The molecule has 0 bridgehead atoms. The Morgan fingerprint density at radius 2 is 1.93 bits per heavy atom. The van der Waals surface area contributed by atoms with Crippen LogP contribution in [0.15, 0.2) is 53.6 Å². The molecule has 0 radical (unpaired) electrons. The van der Waals surface area contributed by atoms with E-state index in [1.807, 2.05) is 44.2 Å². The lowest BCUT2D eigenvalue weighted by atomic mass is 10.1. The lowest BCUT2D eigenvalue weighted by Crippen LogP contribution is -2.14. The maximum Gasteiger partial charge on any atom is 0.301 e. The number of hydrogen-bond donors (Lipinski definition) is 1. The summed E-state index contributed by atoms with van der Waals surface area (Å²) >= 11 is 0. The van der Waals surface area contributed by atoms with E-state index in [1.165, 1.54) is 12.1 Å². The van der Waals surface area contributed by atoms with Gasteiger partial charge in [-0.3, -0.25) is 25.7 Å². The van der Waals surface area contributed by atoms with Crippen LogP contribution in [0.3, 0.4) is 0 Å². The van der Waals surface area contributed by atoms with Gasteiger partial charge >= 0.3 is 5.69 Å². The SMILES string of the molecule is C/C(=N/Nc1ccc([N+](=O)[O-])cc1[N+](=O)[O-])[C@@H]1C[C@H]1[C@H](C)OCc1ccccc1. The van der Waals surface area contributed by atoms with E-state index in [1.54, 1.807) is 0 Å². The number of nitrogens with one attached hydrogen (secondary N) is 1. The number of rotatable bonds is 9. The number of hydrogen-bond acceptors (Lipinski definition) is 7. The molecule has 3 atom stereocenters. The highest BCUT2D eigenvalue weighted by Crippen LogP contribution is 2.43. The van der Waals surface area contributed by atoms with Crippen molar-refractivity contribution >= 4 is 22.8 Å². The number of nitrogens with zero attached hydrogens (tertiary/aromatic N) is 3. The molecule has 1 aliphatic carbocycles. The Morgan fingerprint density at radius 1 is 1.21 bits per heavy atom. The van der Waals surface area contributed by atoms with Crippen molar-refractivity contribution in [2.75, 3.05) is 5.43 Å². The molecule has 29 heavy (non-hydrogen) atoms. The zero-order valence-corrected chi connectivity index (χ0v) is 16.1. The third-order valence-corrected chi connectivity index (χ3v) is 5.08. The maximum atomic E-state index is 11.2. The number of nitro groups is 2. The van der Waals surface area contributed by atoms with Crippen LogP contribution in [-0.4, -0.2) is 21.7 Å². The summed E-state index contributed by atoms with van der Waals surface area (Å²) in [6.07, 6.45) is 1.01. The van der Waals surface area contributed by atoms with Gasteiger partial charge in [0.15, 0.2) is 0 Å². The molecule has 2 aromatic carbocycles. The fraction of sp³-hybridized carbons (Fsp3) is 0.350. The van der Waals surface area contributed by atoms with Crippen LogP contribution >= 0.6 is 0 Å². The average molecular weight is 398 g/mol. The predicted octanol–water partition coefficient (Wildman–Crippen LogP) is 4.53. The van der Waals surface area contributed by atoms with E-state index < -0.39 is 9.85 Å². The van der Waals surface area contributed by atoms with E-state index in [-0.39, 0.29) is 29.1 Å². The Kier molecular flexibility index (Phi) is 6.18. The van der Waals surface area contributed by atoms with Gasteiger partial charge in [0.05, 0.1) is 28.6 Å². The standard InChI is InChI=1S/C20H22N4O5/c1-13(17-11-18(17)14(2)29-12-15-6-4-3-5-7-15)21-22-19-9-8-16(23(25)26)10-20(19)24(27)28/h3-10,14,17-18,22H,11-12H2,1-2H3/b21-13-/t14-,17-,18-/m0/s1. The molecule has 9 nitrogen and oxygen atoms in total. The van der Waals surface area contributed by atoms with Crippen molar-refractivity contribution < 1.29 is 14.6 Å². The molecule has 1 N–H and O–H groups in total. The minimum Gasteiger partial charge on any atom is -0.374 e. The molecule has 3 rings (SSSR count). The van der Waals surface area contributed by atoms with Crippen LogP contribution in [0.25, 0.3) is 0 Å². The Hall–Kier alpha value is -3.33. The highest BCUT2D eigenvalue weighted by Gasteiger charge is 2.43.